The van der Waals surface area contributed by atoms with E-state index in [1.54, 1.807) is 6.07 Å². The second kappa shape index (κ2) is 5.45. The van der Waals surface area contributed by atoms with Crippen LogP contribution in [-0.4, -0.2) is 18.5 Å². The molecule has 1 aromatic carbocycles. The molecule has 0 fully saturated rings. The van der Waals surface area contributed by atoms with Crippen molar-refractivity contribution < 1.29 is 9.21 Å². The summed E-state index contributed by atoms with van der Waals surface area (Å²) in [6.07, 6.45) is 0. The number of aryl methyl sites for hydroxylation is 1. The summed E-state index contributed by atoms with van der Waals surface area (Å²) < 4.78 is 5.52. The largest absolute Gasteiger partial charge is 0.451 e. The van der Waals surface area contributed by atoms with Gasteiger partial charge in [-0.3, -0.25) is 4.79 Å². The molecular weight excluding hydrogens is 240 g/mol. The zero-order chi connectivity index (χ0) is 14.0. The summed E-state index contributed by atoms with van der Waals surface area (Å²) in [4.78, 5) is 12.0. The molecule has 1 atom stereocenters. The van der Waals surface area contributed by atoms with Gasteiger partial charge in [-0.15, -0.1) is 0 Å². The number of rotatable bonds is 4. The van der Waals surface area contributed by atoms with Gasteiger partial charge in [-0.25, -0.2) is 0 Å². The normalized spacial score (nSPS) is 12.9. The lowest BCUT2D eigenvalue weighted by Crippen LogP contribution is -2.40. The molecule has 0 aliphatic carbocycles. The van der Waals surface area contributed by atoms with E-state index in [4.69, 9.17) is 10.2 Å². The van der Waals surface area contributed by atoms with Crippen molar-refractivity contribution in [3.63, 3.8) is 0 Å². The first kappa shape index (κ1) is 13.6. The highest BCUT2D eigenvalue weighted by Gasteiger charge is 2.14. The number of hydrogen-bond acceptors (Lipinski definition) is 3. The van der Waals surface area contributed by atoms with Gasteiger partial charge in [0.25, 0.3) is 5.91 Å². The van der Waals surface area contributed by atoms with Crippen LogP contribution in [-0.2, 0) is 0 Å². The summed E-state index contributed by atoms with van der Waals surface area (Å²) in [5.74, 6) is 0.445. The number of benzene rings is 1. The number of furan rings is 1. The first-order chi connectivity index (χ1) is 8.97. The lowest BCUT2D eigenvalue weighted by molar-refractivity contribution is 0.0923. The fraction of sp³-hybridized carbons (Fsp3) is 0.400. The van der Waals surface area contributed by atoms with E-state index in [1.807, 2.05) is 39.0 Å². The van der Waals surface area contributed by atoms with Crippen LogP contribution in [0.15, 0.2) is 28.7 Å². The Morgan fingerprint density at radius 2 is 2.11 bits per heavy atom. The minimum absolute atomic E-state index is 0.0458. The maximum absolute atomic E-state index is 12.0. The number of fused-ring (bicyclic) bond motifs is 1. The van der Waals surface area contributed by atoms with Gasteiger partial charge in [0.05, 0.1) is 0 Å². The predicted molar refractivity (Wildman–Crippen MR) is 76.1 cm³/mol. The Morgan fingerprint density at radius 3 is 2.79 bits per heavy atom. The predicted octanol–water partition coefficient (Wildman–Crippen LogP) is 2.45. The van der Waals surface area contributed by atoms with Crippen LogP contribution in [0.25, 0.3) is 11.0 Å². The Hall–Kier alpha value is -1.81. The van der Waals surface area contributed by atoms with Crippen molar-refractivity contribution in [1.82, 2.24) is 5.32 Å². The molecule has 0 saturated carbocycles. The highest BCUT2D eigenvalue weighted by atomic mass is 16.3. The van der Waals surface area contributed by atoms with E-state index < -0.39 is 0 Å². The molecule has 0 radical (unpaired) electrons. The number of carbonyl (C=O) groups excluding carboxylic acids is 1. The molecule has 0 bridgehead atoms. The fourth-order valence-electron chi connectivity index (χ4n) is 1.81. The van der Waals surface area contributed by atoms with Crippen LogP contribution in [0.3, 0.4) is 0 Å². The van der Waals surface area contributed by atoms with Crippen molar-refractivity contribution in [1.29, 1.82) is 0 Å². The van der Waals surface area contributed by atoms with E-state index in [2.05, 4.69) is 5.32 Å². The third-order valence-electron chi connectivity index (χ3n) is 3.25. The molecule has 2 aromatic rings. The monoisotopic (exact) mass is 260 g/mol. The molecule has 3 N–H and O–H groups in total. The summed E-state index contributed by atoms with van der Waals surface area (Å²) in [7, 11) is 0. The molecule has 1 amide bonds. The maximum Gasteiger partial charge on any atom is 0.287 e. The first-order valence-corrected chi connectivity index (χ1v) is 6.51. The molecule has 0 aliphatic heterocycles. The molecule has 1 heterocycles. The number of amides is 1. The first-order valence-electron chi connectivity index (χ1n) is 6.51. The van der Waals surface area contributed by atoms with Gasteiger partial charge >= 0.3 is 0 Å². The van der Waals surface area contributed by atoms with Gasteiger partial charge in [0.1, 0.15) is 5.58 Å². The van der Waals surface area contributed by atoms with Crippen molar-refractivity contribution >= 4 is 16.9 Å². The molecular formula is C15H20N2O2. The molecule has 4 heteroatoms. The Kier molecular flexibility index (Phi) is 3.90. The Bertz CT molecular complexity index is 587. The van der Waals surface area contributed by atoms with Gasteiger partial charge in [0.2, 0.25) is 0 Å². The molecule has 1 aromatic heterocycles. The van der Waals surface area contributed by atoms with Crippen molar-refractivity contribution in [2.24, 2.45) is 11.7 Å². The highest BCUT2D eigenvalue weighted by Crippen LogP contribution is 2.20. The minimum atomic E-state index is -0.218. The van der Waals surface area contributed by atoms with E-state index in [0.29, 0.717) is 18.2 Å². The second-order valence-corrected chi connectivity index (χ2v) is 5.27. The minimum Gasteiger partial charge on any atom is -0.451 e. The Morgan fingerprint density at radius 1 is 1.37 bits per heavy atom. The summed E-state index contributed by atoms with van der Waals surface area (Å²) in [6, 6.07) is 7.55. The lowest BCUT2D eigenvalue weighted by Gasteiger charge is -2.15. The quantitative estimate of drug-likeness (QED) is 0.887. The van der Waals surface area contributed by atoms with E-state index in [0.717, 1.165) is 16.5 Å². The average Bonchev–Trinajstić information content (AvgIpc) is 2.78. The smallest absolute Gasteiger partial charge is 0.287 e. The summed E-state index contributed by atoms with van der Waals surface area (Å²) in [5.41, 5.74) is 7.76. The molecule has 19 heavy (non-hydrogen) atoms. The summed E-state index contributed by atoms with van der Waals surface area (Å²) in [6.45, 7) is 6.52. The standard InChI is InChI=1S/C15H20N2O2/c1-9(2)12(16)8-17-15(18)14-7-11-6-10(3)4-5-13(11)19-14/h4-7,9,12H,8,16H2,1-3H3,(H,17,18). The third kappa shape index (κ3) is 3.15. The zero-order valence-corrected chi connectivity index (χ0v) is 11.6. The number of carbonyl (C=O) groups is 1. The van der Waals surface area contributed by atoms with Crippen molar-refractivity contribution in [3.8, 4) is 0 Å². The van der Waals surface area contributed by atoms with Crippen LogP contribution in [0.4, 0.5) is 0 Å². The van der Waals surface area contributed by atoms with E-state index in [-0.39, 0.29) is 11.9 Å². The van der Waals surface area contributed by atoms with Gasteiger partial charge in [-0.1, -0.05) is 25.5 Å². The van der Waals surface area contributed by atoms with Crippen LogP contribution in [0.2, 0.25) is 0 Å². The fourth-order valence-corrected chi connectivity index (χ4v) is 1.81. The Labute approximate surface area is 113 Å². The van der Waals surface area contributed by atoms with Crippen LogP contribution < -0.4 is 11.1 Å². The van der Waals surface area contributed by atoms with Crippen molar-refractivity contribution in [2.75, 3.05) is 6.54 Å². The maximum atomic E-state index is 12.0. The molecule has 0 spiro atoms. The highest BCUT2D eigenvalue weighted by molar-refractivity contribution is 5.96. The van der Waals surface area contributed by atoms with Crippen LogP contribution >= 0.6 is 0 Å². The molecule has 2 rings (SSSR count). The Balaban J connectivity index is 2.09. The van der Waals surface area contributed by atoms with Crippen LogP contribution in [0.1, 0.15) is 30.0 Å². The van der Waals surface area contributed by atoms with Crippen LogP contribution in [0, 0.1) is 12.8 Å². The lowest BCUT2D eigenvalue weighted by atomic mass is 10.1. The summed E-state index contributed by atoms with van der Waals surface area (Å²) in [5, 5.41) is 3.74. The molecule has 4 nitrogen and oxygen atoms in total. The summed E-state index contributed by atoms with van der Waals surface area (Å²) >= 11 is 0. The number of nitrogens with one attached hydrogen (secondary N) is 1. The van der Waals surface area contributed by atoms with Gasteiger partial charge in [-0.05, 0) is 31.0 Å². The second-order valence-electron chi connectivity index (χ2n) is 5.27. The van der Waals surface area contributed by atoms with Gasteiger partial charge in [0, 0.05) is 18.0 Å². The zero-order valence-electron chi connectivity index (χ0n) is 11.6. The number of nitrogens with two attached hydrogens (primary N) is 1. The van der Waals surface area contributed by atoms with Gasteiger partial charge in [-0.2, -0.15) is 0 Å². The van der Waals surface area contributed by atoms with Crippen LogP contribution in [0.5, 0.6) is 0 Å². The van der Waals surface area contributed by atoms with E-state index in [9.17, 15) is 4.79 Å². The van der Waals surface area contributed by atoms with Crippen molar-refractivity contribution in [2.45, 2.75) is 26.8 Å². The molecule has 102 valence electrons. The topological polar surface area (TPSA) is 68.3 Å². The third-order valence-corrected chi connectivity index (χ3v) is 3.25. The van der Waals surface area contributed by atoms with E-state index >= 15 is 0 Å². The van der Waals surface area contributed by atoms with Gasteiger partial charge < -0.3 is 15.5 Å². The molecule has 0 aliphatic rings. The number of hydrogen-bond donors (Lipinski definition) is 2. The van der Waals surface area contributed by atoms with Gasteiger partial charge in [0.15, 0.2) is 5.76 Å². The van der Waals surface area contributed by atoms with Crippen molar-refractivity contribution in [3.05, 3.63) is 35.6 Å². The average molecular weight is 260 g/mol. The molecule has 1 unspecified atom stereocenters. The van der Waals surface area contributed by atoms with E-state index in [1.165, 1.54) is 0 Å². The SMILES string of the molecule is Cc1ccc2oc(C(=O)NCC(N)C(C)C)cc2c1. The molecule has 0 saturated heterocycles.